The molecule has 1 aromatic carbocycles. The molecule has 0 amide bonds. The van der Waals surface area contributed by atoms with E-state index in [1.165, 1.54) is 6.08 Å². The number of hydrogen-bond acceptors (Lipinski definition) is 6. The summed E-state index contributed by atoms with van der Waals surface area (Å²) in [5.41, 5.74) is 1.19. The Balaban J connectivity index is 1.54. The molecule has 142 valence electrons. The van der Waals surface area contributed by atoms with Gasteiger partial charge in [-0.15, -0.1) is 0 Å². The van der Waals surface area contributed by atoms with Gasteiger partial charge in [-0.2, -0.15) is 0 Å². The zero-order valence-electron chi connectivity index (χ0n) is 16.0. The summed E-state index contributed by atoms with van der Waals surface area (Å²) in [6.45, 7) is 11.7. The second-order valence-electron chi connectivity index (χ2n) is 7.69. The van der Waals surface area contributed by atoms with Crippen molar-refractivity contribution in [3.8, 4) is 0 Å². The molecule has 7 heteroatoms. The topological polar surface area (TPSA) is 71.1 Å². The third-order valence-corrected chi connectivity index (χ3v) is 5.06. The van der Waals surface area contributed by atoms with Gasteiger partial charge in [0.05, 0.1) is 23.2 Å². The summed E-state index contributed by atoms with van der Waals surface area (Å²) in [5.74, 6) is -0.812. The molecule has 0 N–H and O–H groups in total. The van der Waals surface area contributed by atoms with Crippen molar-refractivity contribution in [3.05, 3.63) is 53.8 Å². The van der Waals surface area contributed by atoms with Crippen LogP contribution in [0.25, 0.3) is 0 Å². The highest BCUT2D eigenvalue weighted by molar-refractivity contribution is 6.62. The molecule has 0 aromatic heterocycles. The van der Waals surface area contributed by atoms with E-state index in [0.29, 0.717) is 0 Å². The molecule has 6 nitrogen and oxygen atoms in total. The lowest BCUT2D eigenvalue weighted by Gasteiger charge is -2.32. The number of allylic oxidation sites excluding steroid dienone is 1. The predicted molar refractivity (Wildman–Crippen MR) is 99.9 cm³/mol. The Hall–Kier alpha value is -2.38. The minimum absolute atomic E-state index is 0.117. The summed E-state index contributed by atoms with van der Waals surface area (Å²) < 4.78 is 22.0. The van der Waals surface area contributed by atoms with E-state index in [2.05, 4.69) is 6.58 Å². The van der Waals surface area contributed by atoms with E-state index < -0.39 is 30.3 Å². The van der Waals surface area contributed by atoms with Crippen LogP contribution in [0.1, 0.15) is 39.7 Å². The molecular weight excluding hydrogens is 347 g/mol. The van der Waals surface area contributed by atoms with E-state index in [4.69, 9.17) is 18.8 Å². The van der Waals surface area contributed by atoms with E-state index in [0.717, 1.165) is 11.0 Å². The predicted octanol–water partition coefficient (Wildman–Crippen LogP) is 2.42. The first-order valence-corrected chi connectivity index (χ1v) is 8.79. The molecule has 1 fully saturated rings. The van der Waals surface area contributed by atoms with Crippen LogP contribution in [0.2, 0.25) is 0 Å². The molecule has 0 atom stereocenters. The number of cyclic esters (lactones) is 1. The maximum absolute atomic E-state index is 11.9. The third-order valence-electron chi connectivity index (χ3n) is 5.06. The second kappa shape index (κ2) is 6.98. The lowest BCUT2D eigenvalue weighted by atomic mass is 9.79. The first-order chi connectivity index (χ1) is 12.6. The van der Waals surface area contributed by atoms with Crippen molar-refractivity contribution in [2.45, 2.75) is 51.9 Å². The molecule has 1 aromatic rings. The molecule has 2 heterocycles. The van der Waals surface area contributed by atoms with Gasteiger partial charge in [-0.3, -0.25) is 4.79 Å². The normalized spacial score (nSPS) is 20.4. The fraction of sp³-hybridized carbons (Fsp3) is 0.400. The summed E-state index contributed by atoms with van der Waals surface area (Å²) >= 11 is 0. The highest BCUT2D eigenvalue weighted by Crippen LogP contribution is 2.36. The highest BCUT2D eigenvalue weighted by atomic mass is 16.7. The van der Waals surface area contributed by atoms with Gasteiger partial charge in [0.15, 0.2) is 0 Å². The molecule has 2 aliphatic rings. The largest absolute Gasteiger partial charge is 0.494 e. The van der Waals surface area contributed by atoms with Crippen LogP contribution in [-0.2, 0) is 35.0 Å². The molecule has 3 rings (SSSR count). The molecule has 27 heavy (non-hydrogen) atoms. The number of esters is 2. The van der Waals surface area contributed by atoms with Crippen LogP contribution in [0.15, 0.2) is 48.3 Å². The molecule has 0 unspecified atom stereocenters. The van der Waals surface area contributed by atoms with Crippen molar-refractivity contribution < 1.29 is 28.4 Å². The van der Waals surface area contributed by atoms with Gasteiger partial charge in [-0.05, 0) is 44.8 Å². The summed E-state index contributed by atoms with van der Waals surface area (Å²) in [5, 5.41) is 0. The Morgan fingerprint density at radius 1 is 1.11 bits per heavy atom. The number of benzene rings is 1. The Morgan fingerprint density at radius 2 is 1.70 bits per heavy atom. The van der Waals surface area contributed by atoms with Crippen molar-refractivity contribution in [3.63, 3.8) is 0 Å². The van der Waals surface area contributed by atoms with Crippen LogP contribution < -0.4 is 5.46 Å². The zero-order chi connectivity index (χ0) is 19.8. The third kappa shape index (κ3) is 4.15. The molecule has 0 saturated carbocycles. The van der Waals surface area contributed by atoms with Crippen LogP contribution in [-0.4, -0.2) is 30.3 Å². The molecule has 1 saturated heterocycles. The van der Waals surface area contributed by atoms with Gasteiger partial charge in [0.1, 0.15) is 12.4 Å². The van der Waals surface area contributed by atoms with Crippen molar-refractivity contribution in [2.24, 2.45) is 0 Å². The Kier molecular flexibility index (Phi) is 5.01. The van der Waals surface area contributed by atoms with Crippen LogP contribution >= 0.6 is 0 Å². The Labute approximate surface area is 159 Å². The van der Waals surface area contributed by atoms with Gasteiger partial charge in [0.25, 0.3) is 0 Å². The van der Waals surface area contributed by atoms with E-state index in [1.54, 1.807) is 0 Å². The highest BCUT2D eigenvalue weighted by Gasteiger charge is 2.51. The SMILES string of the molecule is C=C1C=C(CC(=O)OCc2ccc(B3OC(C)(C)C(C)(C)O3)cc2)C(=O)O1. The number of ether oxygens (including phenoxy) is 2. The van der Waals surface area contributed by atoms with E-state index >= 15 is 0 Å². The van der Waals surface area contributed by atoms with Gasteiger partial charge >= 0.3 is 19.1 Å². The number of hydrogen-bond donors (Lipinski definition) is 0. The van der Waals surface area contributed by atoms with Gasteiger partial charge < -0.3 is 18.8 Å². The lowest BCUT2D eigenvalue weighted by molar-refractivity contribution is -0.145. The van der Waals surface area contributed by atoms with Crippen molar-refractivity contribution >= 4 is 24.5 Å². The Bertz CT molecular complexity index is 790. The quantitative estimate of drug-likeness (QED) is 0.586. The van der Waals surface area contributed by atoms with Crippen LogP contribution in [0.5, 0.6) is 0 Å². The van der Waals surface area contributed by atoms with E-state index in [1.807, 2.05) is 52.0 Å². The second-order valence-corrected chi connectivity index (χ2v) is 7.69. The smallest absolute Gasteiger partial charge is 0.461 e. The van der Waals surface area contributed by atoms with Crippen molar-refractivity contribution in [1.29, 1.82) is 0 Å². The average Bonchev–Trinajstić information content (AvgIpc) is 3.00. The minimum atomic E-state index is -0.552. The fourth-order valence-electron chi connectivity index (χ4n) is 2.71. The summed E-state index contributed by atoms with van der Waals surface area (Å²) in [4.78, 5) is 23.4. The summed E-state index contributed by atoms with van der Waals surface area (Å²) in [6, 6.07) is 7.51. The Morgan fingerprint density at radius 3 is 2.22 bits per heavy atom. The zero-order valence-corrected chi connectivity index (χ0v) is 16.0. The van der Waals surface area contributed by atoms with Crippen LogP contribution in [0.3, 0.4) is 0 Å². The molecule has 2 aliphatic heterocycles. The number of carbonyl (C=O) groups is 2. The first-order valence-electron chi connectivity index (χ1n) is 8.79. The molecule has 0 spiro atoms. The van der Waals surface area contributed by atoms with E-state index in [-0.39, 0.29) is 24.4 Å². The standard InChI is InChI=1S/C20H23BO6/c1-13-10-15(18(23)25-13)11-17(22)24-12-14-6-8-16(9-7-14)21-26-19(2,3)20(4,5)27-21/h6-10H,1,11-12H2,2-5H3. The maximum atomic E-state index is 11.9. The molecule has 0 bridgehead atoms. The number of carbonyl (C=O) groups excluding carboxylic acids is 2. The van der Waals surface area contributed by atoms with Crippen molar-refractivity contribution in [1.82, 2.24) is 0 Å². The average molecular weight is 370 g/mol. The van der Waals surface area contributed by atoms with Gasteiger partial charge in [-0.25, -0.2) is 4.79 Å². The fourth-order valence-corrected chi connectivity index (χ4v) is 2.71. The van der Waals surface area contributed by atoms with Gasteiger partial charge in [-0.1, -0.05) is 30.8 Å². The van der Waals surface area contributed by atoms with Gasteiger partial charge in [0, 0.05) is 0 Å². The monoisotopic (exact) mass is 370 g/mol. The molecule has 0 aliphatic carbocycles. The van der Waals surface area contributed by atoms with Crippen molar-refractivity contribution in [2.75, 3.05) is 0 Å². The lowest BCUT2D eigenvalue weighted by Crippen LogP contribution is -2.41. The summed E-state index contributed by atoms with van der Waals surface area (Å²) in [6.07, 6.45) is 1.31. The molecule has 0 radical (unpaired) electrons. The first kappa shape index (κ1) is 19.4. The maximum Gasteiger partial charge on any atom is 0.494 e. The van der Waals surface area contributed by atoms with E-state index in [9.17, 15) is 9.59 Å². The summed E-state index contributed by atoms with van der Waals surface area (Å²) in [7, 11) is -0.431. The minimum Gasteiger partial charge on any atom is -0.461 e. The number of rotatable bonds is 5. The van der Waals surface area contributed by atoms with Crippen LogP contribution in [0, 0.1) is 0 Å². The molecular formula is C20H23BO6. The van der Waals surface area contributed by atoms with Crippen LogP contribution in [0.4, 0.5) is 0 Å². The van der Waals surface area contributed by atoms with Gasteiger partial charge in [0.2, 0.25) is 0 Å².